The van der Waals surface area contributed by atoms with Gasteiger partial charge in [0.15, 0.2) is 0 Å². The minimum atomic E-state index is -0.743. The number of amides is 2. The maximum absolute atomic E-state index is 11.7. The van der Waals surface area contributed by atoms with E-state index < -0.39 is 11.8 Å². The Kier molecular flexibility index (Phi) is 7.38. The quantitative estimate of drug-likeness (QED) is 0.463. The summed E-state index contributed by atoms with van der Waals surface area (Å²) in [5.41, 5.74) is 5.40. The minimum absolute atomic E-state index is 0.410. The molecule has 2 amide bonds. The first-order valence-corrected chi connectivity index (χ1v) is 8.34. The van der Waals surface area contributed by atoms with Crippen LogP contribution in [0.3, 0.4) is 0 Å². The number of nitrogens with one attached hydrogen (secondary N) is 2. The molecular formula is C20H23N3O2. The fraction of sp³-hybridized carbons (Fsp3) is 0.250. The van der Waals surface area contributed by atoms with Crippen LogP contribution in [0.15, 0.2) is 65.8 Å². The van der Waals surface area contributed by atoms with Crippen LogP contribution in [0.4, 0.5) is 0 Å². The molecule has 0 heterocycles. The first kappa shape index (κ1) is 18.4. The van der Waals surface area contributed by atoms with Gasteiger partial charge in [0.2, 0.25) is 0 Å². The van der Waals surface area contributed by atoms with Crippen molar-refractivity contribution in [2.75, 3.05) is 6.54 Å². The van der Waals surface area contributed by atoms with Crippen molar-refractivity contribution in [1.82, 2.24) is 10.7 Å². The Labute approximate surface area is 148 Å². The van der Waals surface area contributed by atoms with Gasteiger partial charge in [0.1, 0.15) is 0 Å². The standard InChI is InChI=1S/C20H23N3O2/c1-16(12-13-17-8-4-2-5-9-17)22-23-20(25)19(24)21-15-14-18-10-6-3-7-11-18/h2-11H,12-15H2,1H3,(H,21,24)(H,23,25). The van der Waals surface area contributed by atoms with Crippen LogP contribution in [0.1, 0.15) is 24.5 Å². The van der Waals surface area contributed by atoms with Crippen molar-refractivity contribution < 1.29 is 9.59 Å². The molecule has 0 atom stereocenters. The summed E-state index contributed by atoms with van der Waals surface area (Å²) in [7, 11) is 0. The van der Waals surface area contributed by atoms with Crippen LogP contribution in [0.25, 0.3) is 0 Å². The largest absolute Gasteiger partial charge is 0.347 e. The summed E-state index contributed by atoms with van der Waals surface area (Å²) in [4.78, 5) is 23.5. The third-order valence-corrected chi connectivity index (χ3v) is 3.71. The first-order valence-electron chi connectivity index (χ1n) is 8.34. The van der Waals surface area contributed by atoms with E-state index in [-0.39, 0.29) is 0 Å². The van der Waals surface area contributed by atoms with E-state index in [1.807, 2.05) is 67.6 Å². The van der Waals surface area contributed by atoms with Crippen LogP contribution >= 0.6 is 0 Å². The van der Waals surface area contributed by atoms with Gasteiger partial charge in [-0.25, -0.2) is 5.43 Å². The van der Waals surface area contributed by atoms with Crippen molar-refractivity contribution in [3.63, 3.8) is 0 Å². The molecule has 0 fully saturated rings. The lowest BCUT2D eigenvalue weighted by Gasteiger charge is -2.05. The third kappa shape index (κ3) is 6.99. The number of benzene rings is 2. The van der Waals surface area contributed by atoms with E-state index in [1.165, 1.54) is 5.56 Å². The average Bonchev–Trinajstić information content (AvgIpc) is 2.66. The lowest BCUT2D eigenvalue weighted by atomic mass is 10.1. The van der Waals surface area contributed by atoms with Crippen molar-refractivity contribution >= 4 is 17.5 Å². The van der Waals surface area contributed by atoms with Crippen molar-refractivity contribution in [1.29, 1.82) is 0 Å². The molecule has 130 valence electrons. The third-order valence-electron chi connectivity index (χ3n) is 3.71. The second-order valence-corrected chi connectivity index (χ2v) is 5.77. The van der Waals surface area contributed by atoms with Crippen molar-refractivity contribution in [2.24, 2.45) is 5.10 Å². The predicted molar refractivity (Wildman–Crippen MR) is 99.2 cm³/mol. The van der Waals surface area contributed by atoms with Crippen LogP contribution in [-0.2, 0) is 22.4 Å². The monoisotopic (exact) mass is 337 g/mol. The number of hydrogen-bond acceptors (Lipinski definition) is 3. The highest BCUT2D eigenvalue weighted by atomic mass is 16.2. The fourth-order valence-electron chi connectivity index (χ4n) is 2.27. The van der Waals surface area contributed by atoms with Gasteiger partial charge in [-0.2, -0.15) is 5.10 Å². The highest BCUT2D eigenvalue weighted by Gasteiger charge is 2.11. The number of hydrazone groups is 1. The molecule has 2 aromatic rings. The van der Waals surface area contributed by atoms with Gasteiger partial charge in [0.25, 0.3) is 0 Å². The summed E-state index contributed by atoms with van der Waals surface area (Å²) >= 11 is 0. The Morgan fingerprint density at radius 3 is 2.00 bits per heavy atom. The van der Waals surface area contributed by atoms with E-state index >= 15 is 0 Å². The summed E-state index contributed by atoms with van der Waals surface area (Å²) < 4.78 is 0. The van der Waals surface area contributed by atoms with E-state index in [4.69, 9.17) is 0 Å². The van der Waals surface area contributed by atoms with Crippen LogP contribution in [-0.4, -0.2) is 24.1 Å². The molecule has 0 unspecified atom stereocenters. The molecule has 0 radical (unpaired) electrons. The molecule has 2 rings (SSSR count). The van der Waals surface area contributed by atoms with Crippen molar-refractivity contribution in [2.45, 2.75) is 26.2 Å². The van der Waals surface area contributed by atoms with E-state index in [2.05, 4.69) is 15.8 Å². The zero-order valence-corrected chi connectivity index (χ0v) is 14.4. The lowest BCUT2D eigenvalue weighted by Crippen LogP contribution is -2.39. The molecule has 0 spiro atoms. The number of hydrogen-bond donors (Lipinski definition) is 2. The van der Waals surface area contributed by atoms with E-state index in [0.29, 0.717) is 13.0 Å². The number of aryl methyl sites for hydroxylation is 1. The maximum Gasteiger partial charge on any atom is 0.329 e. The van der Waals surface area contributed by atoms with Crippen LogP contribution in [0.5, 0.6) is 0 Å². The highest BCUT2D eigenvalue weighted by Crippen LogP contribution is 2.03. The van der Waals surface area contributed by atoms with Crippen molar-refractivity contribution in [3.05, 3.63) is 71.8 Å². The molecule has 2 aromatic carbocycles. The fourth-order valence-corrected chi connectivity index (χ4v) is 2.27. The molecule has 0 aliphatic rings. The Balaban J connectivity index is 1.68. The summed E-state index contributed by atoms with van der Waals surface area (Å²) in [6.45, 7) is 2.24. The molecular weight excluding hydrogens is 314 g/mol. The molecule has 0 aromatic heterocycles. The molecule has 5 nitrogen and oxygen atoms in total. The second kappa shape index (κ2) is 10.0. The predicted octanol–water partition coefficient (Wildman–Crippen LogP) is 2.47. The Hall–Kier alpha value is -2.95. The molecule has 25 heavy (non-hydrogen) atoms. The number of carbonyl (C=O) groups excluding carboxylic acids is 2. The minimum Gasteiger partial charge on any atom is -0.347 e. The Morgan fingerprint density at radius 1 is 0.840 bits per heavy atom. The summed E-state index contributed by atoms with van der Waals surface area (Å²) in [6, 6.07) is 19.8. The number of carbonyl (C=O) groups is 2. The van der Waals surface area contributed by atoms with Gasteiger partial charge >= 0.3 is 11.8 Å². The normalized spacial score (nSPS) is 11.0. The topological polar surface area (TPSA) is 70.6 Å². The zero-order valence-electron chi connectivity index (χ0n) is 14.4. The SMILES string of the molecule is CC(CCc1ccccc1)=NNC(=O)C(=O)NCCc1ccccc1. The summed E-state index contributed by atoms with van der Waals surface area (Å²) in [5, 5.41) is 6.58. The van der Waals surface area contributed by atoms with E-state index in [0.717, 1.165) is 24.1 Å². The van der Waals surface area contributed by atoms with E-state index in [9.17, 15) is 9.59 Å². The molecule has 0 saturated carbocycles. The van der Waals surface area contributed by atoms with Gasteiger partial charge in [0, 0.05) is 12.3 Å². The van der Waals surface area contributed by atoms with Gasteiger partial charge in [-0.1, -0.05) is 60.7 Å². The summed E-state index contributed by atoms with van der Waals surface area (Å²) in [5.74, 6) is -1.41. The molecule has 0 saturated heterocycles. The molecule has 5 heteroatoms. The van der Waals surface area contributed by atoms with Gasteiger partial charge in [-0.05, 0) is 37.3 Å². The first-order chi connectivity index (χ1) is 12.1. The van der Waals surface area contributed by atoms with E-state index in [1.54, 1.807) is 0 Å². The van der Waals surface area contributed by atoms with Gasteiger partial charge in [-0.15, -0.1) is 0 Å². The van der Waals surface area contributed by atoms with Gasteiger partial charge in [0.05, 0.1) is 0 Å². The molecule has 2 N–H and O–H groups in total. The Bertz CT molecular complexity index is 712. The average molecular weight is 337 g/mol. The van der Waals surface area contributed by atoms with Gasteiger partial charge < -0.3 is 5.32 Å². The maximum atomic E-state index is 11.7. The van der Waals surface area contributed by atoms with Crippen LogP contribution in [0, 0.1) is 0 Å². The zero-order chi connectivity index (χ0) is 17.9. The molecule has 0 aliphatic heterocycles. The smallest absolute Gasteiger partial charge is 0.329 e. The van der Waals surface area contributed by atoms with Crippen molar-refractivity contribution in [3.8, 4) is 0 Å². The number of rotatable bonds is 7. The Morgan fingerprint density at radius 2 is 1.40 bits per heavy atom. The van der Waals surface area contributed by atoms with Gasteiger partial charge in [-0.3, -0.25) is 9.59 Å². The molecule has 0 aliphatic carbocycles. The second-order valence-electron chi connectivity index (χ2n) is 5.77. The van der Waals surface area contributed by atoms with Crippen LogP contribution in [0.2, 0.25) is 0 Å². The van der Waals surface area contributed by atoms with Crippen LogP contribution < -0.4 is 10.7 Å². The number of nitrogens with zero attached hydrogens (tertiary/aromatic N) is 1. The molecule has 0 bridgehead atoms. The summed E-state index contributed by atoms with van der Waals surface area (Å²) in [6.07, 6.45) is 2.24. The highest BCUT2D eigenvalue weighted by molar-refractivity contribution is 6.35. The lowest BCUT2D eigenvalue weighted by molar-refractivity contribution is -0.139.